The van der Waals surface area contributed by atoms with Crippen molar-refractivity contribution in [2.45, 2.75) is 70.6 Å². The Labute approximate surface area is 246 Å². The fraction of sp³-hybridized carbons (Fsp3) is 0.500. The highest BCUT2D eigenvalue weighted by molar-refractivity contribution is 8.09. The van der Waals surface area contributed by atoms with Crippen LogP contribution in [-0.2, 0) is 49.7 Å². The molecule has 1 unspecified atom stereocenters. The Bertz CT molecular complexity index is 1430. The van der Waals surface area contributed by atoms with E-state index in [4.69, 9.17) is 39.8 Å². The summed E-state index contributed by atoms with van der Waals surface area (Å²) >= 11 is 5.72. The van der Waals surface area contributed by atoms with Gasteiger partial charge >= 0.3 is 30.2 Å². The van der Waals surface area contributed by atoms with E-state index in [0.717, 1.165) is 10.6 Å². The number of carbonyl (C=O) groups is 3. The summed E-state index contributed by atoms with van der Waals surface area (Å²) < 4.78 is 35.5. The molecule has 42 heavy (non-hydrogen) atoms. The maximum absolute atomic E-state index is 12.8. The maximum Gasteiger partial charge on any atom is 0.330 e. The minimum absolute atomic E-state index is 0.0154. The standard InChI is InChI=1S/C26H34N3O11PS/c1-6-20(31)38-22-18(15-36-41(42,28-16(3)23(33)35-5)40-17-11-9-8-10-12-17)37-24(26(22,4)39-21(32)7-2)29-14-13-19(30)27-25(29)34/h8-14,16,18,22,24H,6-7,15H2,1-5H3,(H,28,42)(H,27,30,34)/t16-,18+,22+,24+,26+,41?/m0/s1. The van der Waals surface area contributed by atoms with Crippen LogP contribution in [0.4, 0.5) is 0 Å². The fourth-order valence-corrected chi connectivity index (χ4v) is 6.57. The lowest BCUT2D eigenvalue weighted by atomic mass is 9.95. The Morgan fingerprint density at radius 2 is 1.81 bits per heavy atom. The lowest BCUT2D eigenvalue weighted by Crippen LogP contribution is -2.52. The van der Waals surface area contributed by atoms with E-state index in [-0.39, 0.29) is 19.4 Å². The number of carbonyl (C=O) groups excluding carboxylic acids is 3. The maximum atomic E-state index is 12.8. The molecule has 2 heterocycles. The van der Waals surface area contributed by atoms with Crippen molar-refractivity contribution in [3.8, 4) is 5.75 Å². The number of aromatic nitrogens is 2. The number of aromatic amines is 1. The van der Waals surface area contributed by atoms with Gasteiger partial charge in [-0.2, -0.15) is 0 Å². The molecule has 1 saturated heterocycles. The Balaban J connectivity index is 2.02. The van der Waals surface area contributed by atoms with Gasteiger partial charge in [0.25, 0.3) is 5.56 Å². The highest BCUT2D eigenvalue weighted by atomic mass is 32.5. The molecule has 0 bridgehead atoms. The summed E-state index contributed by atoms with van der Waals surface area (Å²) in [6.45, 7) is 2.20. The van der Waals surface area contributed by atoms with Crippen molar-refractivity contribution in [3.05, 3.63) is 63.4 Å². The number of H-pyrrole nitrogens is 1. The van der Waals surface area contributed by atoms with E-state index in [2.05, 4.69) is 10.1 Å². The number of hydrogen-bond donors (Lipinski definition) is 2. The molecule has 230 valence electrons. The Morgan fingerprint density at radius 3 is 2.40 bits per heavy atom. The number of ether oxygens (including phenoxy) is 4. The first kappa shape index (κ1) is 33.1. The summed E-state index contributed by atoms with van der Waals surface area (Å²) in [6, 6.07) is 8.68. The average Bonchev–Trinajstić information content (AvgIpc) is 3.21. The normalized spacial score (nSPS) is 23.8. The summed E-state index contributed by atoms with van der Waals surface area (Å²) in [6.07, 6.45) is -2.67. The summed E-state index contributed by atoms with van der Waals surface area (Å²) in [5.74, 6) is -1.56. The van der Waals surface area contributed by atoms with Crippen molar-refractivity contribution in [3.63, 3.8) is 0 Å². The summed E-state index contributed by atoms with van der Waals surface area (Å²) in [5.41, 5.74) is -3.25. The molecule has 16 heteroatoms. The zero-order valence-corrected chi connectivity index (χ0v) is 25.5. The number of benzene rings is 1. The van der Waals surface area contributed by atoms with E-state index in [1.54, 1.807) is 44.2 Å². The Hall–Kier alpha value is -3.36. The predicted octanol–water partition coefficient (Wildman–Crippen LogP) is 1.94. The Kier molecular flexibility index (Phi) is 11.2. The first-order valence-electron chi connectivity index (χ1n) is 13.1. The molecule has 1 aliphatic rings. The van der Waals surface area contributed by atoms with Crippen LogP contribution in [0.25, 0.3) is 0 Å². The van der Waals surface area contributed by atoms with Crippen molar-refractivity contribution in [2.24, 2.45) is 0 Å². The van der Waals surface area contributed by atoms with Gasteiger partial charge in [-0.05, 0) is 37.8 Å². The number of methoxy groups -OCH3 is 1. The van der Waals surface area contributed by atoms with Crippen LogP contribution < -0.4 is 20.9 Å². The van der Waals surface area contributed by atoms with Crippen LogP contribution in [0, 0.1) is 0 Å². The Morgan fingerprint density at radius 1 is 1.14 bits per heavy atom. The quantitative estimate of drug-likeness (QED) is 0.188. The predicted molar refractivity (Wildman–Crippen MR) is 152 cm³/mol. The highest BCUT2D eigenvalue weighted by Gasteiger charge is 2.60. The van der Waals surface area contributed by atoms with Crippen molar-refractivity contribution in [2.75, 3.05) is 13.7 Å². The molecule has 1 aliphatic heterocycles. The first-order valence-corrected chi connectivity index (χ1v) is 15.7. The molecular formula is C26H34N3O11PS. The van der Waals surface area contributed by atoms with Gasteiger partial charge in [0.1, 0.15) is 17.9 Å². The first-order chi connectivity index (χ1) is 19.9. The van der Waals surface area contributed by atoms with Crippen molar-refractivity contribution < 1.29 is 42.4 Å². The van der Waals surface area contributed by atoms with E-state index in [0.29, 0.717) is 5.75 Å². The van der Waals surface area contributed by atoms with Gasteiger partial charge in [0.2, 0.25) is 0 Å². The molecule has 0 spiro atoms. The van der Waals surface area contributed by atoms with E-state index in [1.807, 2.05) is 0 Å². The van der Waals surface area contributed by atoms with Crippen LogP contribution in [-0.4, -0.2) is 65.0 Å². The van der Waals surface area contributed by atoms with Crippen LogP contribution in [0.15, 0.2) is 52.2 Å². The number of nitrogens with zero attached hydrogens (tertiary/aromatic N) is 1. The van der Waals surface area contributed by atoms with Gasteiger partial charge in [-0.25, -0.2) is 9.88 Å². The molecule has 1 aromatic heterocycles. The summed E-state index contributed by atoms with van der Waals surface area (Å²) in [7, 11) is 1.22. The van der Waals surface area contributed by atoms with Crippen LogP contribution in [0.1, 0.15) is 46.8 Å². The summed E-state index contributed by atoms with van der Waals surface area (Å²) in [5, 5.41) is 2.87. The topological polar surface area (TPSA) is 173 Å². The molecule has 1 fully saturated rings. The number of esters is 3. The average molecular weight is 628 g/mol. The number of para-hydroxylation sites is 1. The van der Waals surface area contributed by atoms with Gasteiger partial charge in [0.05, 0.1) is 13.7 Å². The molecular weight excluding hydrogens is 593 g/mol. The zero-order valence-electron chi connectivity index (χ0n) is 23.8. The third kappa shape index (κ3) is 7.92. The number of rotatable bonds is 13. The molecule has 0 saturated carbocycles. The van der Waals surface area contributed by atoms with E-state index >= 15 is 0 Å². The molecule has 6 atom stereocenters. The lowest BCUT2D eigenvalue weighted by Gasteiger charge is -2.34. The van der Waals surface area contributed by atoms with Crippen LogP contribution >= 0.6 is 6.64 Å². The zero-order chi connectivity index (χ0) is 31.1. The molecule has 2 N–H and O–H groups in total. The molecule has 0 aliphatic carbocycles. The minimum atomic E-state index is -3.53. The van der Waals surface area contributed by atoms with Crippen molar-refractivity contribution >= 4 is 36.4 Å². The number of nitrogens with one attached hydrogen (secondary N) is 2. The SMILES string of the molecule is CCC(=O)O[C@@H]1[C@@H](COP(=S)(N[C@@H](C)C(=O)OC)Oc2ccccc2)O[C@@H](n2ccc(=O)[nH]c2=O)[C@]1(C)OC(=O)CC. The van der Waals surface area contributed by atoms with E-state index < -0.39 is 65.9 Å². The van der Waals surface area contributed by atoms with Gasteiger partial charge in [0.15, 0.2) is 17.9 Å². The molecule has 3 rings (SSSR count). The van der Waals surface area contributed by atoms with E-state index in [9.17, 15) is 24.0 Å². The molecule has 0 radical (unpaired) electrons. The third-order valence-corrected chi connectivity index (χ3v) is 8.75. The largest absolute Gasteiger partial charge is 0.468 e. The van der Waals surface area contributed by atoms with Crippen LogP contribution in [0.5, 0.6) is 5.75 Å². The molecule has 1 aromatic carbocycles. The second-order valence-electron chi connectivity index (χ2n) is 9.39. The number of hydrogen-bond acceptors (Lipinski definition) is 12. The second kappa shape index (κ2) is 14.2. The highest BCUT2D eigenvalue weighted by Crippen LogP contribution is 2.48. The second-order valence-corrected chi connectivity index (χ2v) is 12.5. The smallest absolute Gasteiger partial charge is 0.330 e. The molecule has 0 amide bonds. The van der Waals surface area contributed by atoms with Gasteiger partial charge < -0.3 is 28.0 Å². The van der Waals surface area contributed by atoms with Gasteiger partial charge in [-0.15, -0.1) is 0 Å². The van der Waals surface area contributed by atoms with E-state index in [1.165, 1.54) is 27.2 Å². The minimum Gasteiger partial charge on any atom is -0.468 e. The fourth-order valence-electron chi connectivity index (χ4n) is 4.15. The lowest BCUT2D eigenvalue weighted by molar-refractivity contribution is -0.187. The molecule has 2 aromatic rings. The van der Waals surface area contributed by atoms with Gasteiger partial charge in [-0.3, -0.25) is 28.7 Å². The van der Waals surface area contributed by atoms with Crippen LogP contribution in [0.2, 0.25) is 0 Å². The van der Waals surface area contributed by atoms with Gasteiger partial charge in [0, 0.05) is 25.1 Å². The van der Waals surface area contributed by atoms with Crippen molar-refractivity contribution in [1.82, 2.24) is 14.6 Å². The monoisotopic (exact) mass is 627 g/mol. The van der Waals surface area contributed by atoms with Crippen molar-refractivity contribution in [1.29, 1.82) is 0 Å². The third-order valence-electron chi connectivity index (χ3n) is 6.25. The van der Waals surface area contributed by atoms with Crippen LogP contribution in [0.3, 0.4) is 0 Å². The van der Waals surface area contributed by atoms with Gasteiger partial charge in [-0.1, -0.05) is 32.0 Å². The summed E-state index contributed by atoms with van der Waals surface area (Å²) in [4.78, 5) is 63.9. The molecule has 14 nitrogen and oxygen atoms in total.